The molecule has 88 valence electrons. The maximum absolute atomic E-state index is 12.2. The Balaban J connectivity index is 2.21. The van der Waals surface area contributed by atoms with Gasteiger partial charge in [0.2, 0.25) is 0 Å². The molecule has 0 N–H and O–H groups in total. The molecule has 0 bridgehead atoms. The highest BCUT2D eigenvalue weighted by Crippen LogP contribution is 2.37. The summed E-state index contributed by atoms with van der Waals surface area (Å²) in [6.45, 7) is 4.05. The first-order valence-electron chi connectivity index (χ1n) is 5.84. The van der Waals surface area contributed by atoms with Crippen molar-refractivity contribution >= 4 is 9.84 Å². The maximum atomic E-state index is 12.2. The van der Waals surface area contributed by atoms with Crippen molar-refractivity contribution in [2.45, 2.75) is 43.3 Å². The smallest absolute Gasteiger partial charge is 0.181 e. The number of sulfone groups is 1. The molecule has 0 unspecified atom stereocenters. The second kappa shape index (κ2) is 4.21. The molecule has 0 aliphatic heterocycles. The van der Waals surface area contributed by atoms with E-state index in [-0.39, 0.29) is 5.25 Å². The summed E-state index contributed by atoms with van der Waals surface area (Å²) >= 11 is 0. The molecule has 0 aromatic heterocycles. The van der Waals surface area contributed by atoms with Crippen molar-refractivity contribution in [3.8, 4) is 0 Å². The molecule has 2 rings (SSSR count). The molecule has 1 aliphatic carbocycles. The second-order valence-electron chi connectivity index (χ2n) is 4.73. The average molecular weight is 238 g/mol. The Labute approximate surface area is 97.6 Å². The van der Waals surface area contributed by atoms with Gasteiger partial charge in [-0.25, -0.2) is 8.42 Å². The van der Waals surface area contributed by atoms with E-state index >= 15 is 0 Å². The Kier molecular flexibility index (Phi) is 3.06. The molecule has 1 aromatic rings. The molecule has 1 aromatic carbocycles. The van der Waals surface area contributed by atoms with Gasteiger partial charge in [0.15, 0.2) is 9.84 Å². The van der Waals surface area contributed by atoms with Crippen LogP contribution in [0.4, 0.5) is 0 Å². The van der Waals surface area contributed by atoms with Crippen LogP contribution in [-0.2, 0) is 9.84 Å². The van der Waals surface area contributed by atoms with E-state index in [2.05, 4.69) is 6.92 Å². The number of hydrogen-bond donors (Lipinski definition) is 0. The SMILES string of the molecule is CCC1CC(S(=O)(=O)c2cccc(C)c2)C1. The van der Waals surface area contributed by atoms with Crippen molar-refractivity contribution in [3.63, 3.8) is 0 Å². The lowest BCUT2D eigenvalue weighted by Crippen LogP contribution is -2.35. The zero-order valence-electron chi connectivity index (χ0n) is 9.81. The van der Waals surface area contributed by atoms with Crippen molar-refractivity contribution in [2.24, 2.45) is 5.92 Å². The largest absolute Gasteiger partial charge is 0.223 e. The predicted molar refractivity (Wildman–Crippen MR) is 65.2 cm³/mol. The third kappa shape index (κ3) is 2.01. The third-order valence-electron chi connectivity index (χ3n) is 3.53. The molecule has 0 radical (unpaired) electrons. The van der Waals surface area contributed by atoms with Crippen molar-refractivity contribution in [3.05, 3.63) is 29.8 Å². The summed E-state index contributed by atoms with van der Waals surface area (Å²) in [6.07, 6.45) is 2.78. The van der Waals surface area contributed by atoms with Gasteiger partial charge < -0.3 is 0 Å². The average Bonchev–Trinajstić information content (AvgIpc) is 2.15. The Morgan fingerprint density at radius 2 is 2.00 bits per heavy atom. The molecule has 0 amide bonds. The molecule has 16 heavy (non-hydrogen) atoms. The molecular formula is C13H18O2S. The lowest BCUT2D eigenvalue weighted by atomic mass is 9.83. The number of benzene rings is 1. The fraction of sp³-hybridized carbons (Fsp3) is 0.538. The van der Waals surface area contributed by atoms with Crippen molar-refractivity contribution < 1.29 is 8.42 Å². The van der Waals surface area contributed by atoms with E-state index in [1.54, 1.807) is 12.1 Å². The molecule has 0 atom stereocenters. The van der Waals surface area contributed by atoms with Gasteiger partial charge in [0.25, 0.3) is 0 Å². The van der Waals surface area contributed by atoms with Gasteiger partial charge in [0.05, 0.1) is 10.1 Å². The van der Waals surface area contributed by atoms with Crippen LogP contribution in [0.25, 0.3) is 0 Å². The minimum Gasteiger partial charge on any atom is -0.223 e. The summed E-state index contributed by atoms with van der Waals surface area (Å²) in [5.41, 5.74) is 1.01. The van der Waals surface area contributed by atoms with E-state index in [0.29, 0.717) is 10.8 Å². The van der Waals surface area contributed by atoms with Gasteiger partial charge in [-0.2, -0.15) is 0 Å². The highest BCUT2D eigenvalue weighted by atomic mass is 32.2. The van der Waals surface area contributed by atoms with E-state index in [0.717, 1.165) is 24.8 Å². The van der Waals surface area contributed by atoms with Crippen LogP contribution in [0.5, 0.6) is 0 Å². The fourth-order valence-electron chi connectivity index (χ4n) is 2.25. The van der Waals surface area contributed by atoms with Gasteiger partial charge in [0.1, 0.15) is 0 Å². The first-order valence-corrected chi connectivity index (χ1v) is 7.39. The van der Waals surface area contributed by atoms with Crippen LogP contribution in [0.1, 0.15) is 31.7 Å². The summed E-state index contributed by atoms with van der Waals surface area (Å²) in [5, 5.41) is -0.140. The Morgan fingerprint density at radius 3 is 2.56 bits per heavy atom. The van der Waals surface area contributed by atoms with E-state index < -0.39 is 9.84 Å². The van der Waals surface area contributed by atoms with Crippen LogP contribution in [0.3, 0.4) is 0 Å². The van der Waals surface area contributed by atoms with Crippen LogP contribution in [0.2, 0.25) is 0 Å². The zero-order chi connectivity index (χ0) is 11.8. The molecule has 1 aliphatic rings. The Bertz CT molecular complexity index is 470. The third-order valence-corrected chi connectivity index (χ3v) is 5.70. The summed E-state index contributed by atoms with van der Waals surface area (Å²) in [4.78, 5) is 0.493. The number of hydrogen-bond acceptors (Lipinski definition) is 2. The first kappa shape index (κ1) is 11.6. The van der Waals surface area contributed by atoms with E-state index in [9.17, 15) is 8.42 Å². The van der Waals surface area contributed by atoms with Crippen LogP contribution in [0, 0.1) is 12.8 Å². The van der Waals surface area contributed by atoms with Gasteiger partial charge >= 0.3 is 0 Å². The lowest BCUT2D eigenvalue weighted by molar-refractivity contribution is 0.307. The van der Waals surface area contributed by atoms with Crippen molar-refractivity contribution in [2.75, 3.05) is 0 Å². The summed E-state index contributed by atoms with van der Waals surface area (Å²) in [6, 6.07) is 7.23. The maximum Gasteiger partial charge on any atom is 0.181 e. The fourth-order valence-corrected chi connectivity index (χ4v) is 4.30. The minimum atomic E-state index is -3.07. The van der Waals surface area contributed by atoms with Crippen LogP contribution >= 0.6 is 0 Å². The zero-order valence-corrected chi connectivity index (χ0v) is 10.6. The molecule has 3 heteroatoms. The second-order valence-corrected chi connectivity index (χ2v) is 6.96. The topological polar surface area (TPSA) is 34.1 Å². The molecular weight excluding hydrogens is 220 g/mol. The molecule has 0 heterocycles. The van der Waals surface area contributed by atoms with Crippen molar-refractivity contribution in [1.82, 2.24) is 0 Å². The van der Waals surface area contributed by atoms with Gasteiger partial charge in [-0.15, -0.1) is 0 Å². The highest BCUT2D eigenvalue weighted by Gasteiger charge is 2.38. The van der Waals surface area contributed by atoms with E-state index in [4.69, 9.17) is 0 Å². The molecule has 2 nitrogen and oxygen atoms in total. The summed E-state index contributed by atoms with van der Waals surface area (Å²) in [5.74, 6) is 0.615. The van der Waals surface area contributed by atoms with E-state index in [1.165, 1.54) is 0 Å². The van der Waals surface area contributed by atoms with Gasteiger partial charge in [0, 0.05) is 0 Å². The summed E-state index contributed by atoms with van der Waals surface area (Å²) in [7, 11) is -3.07. The van der Waals surface area contributed by atoms with Gasteiger partial charge in [-0.1, -0.05) is 25.5 Å². The number of rotatable bonds is 3. The van der Waals surface area contributed by atoms with Crippen LogP contribution < -0.4 is 0 Å². The number of aryl methyl sites for hydroxylation is 1. The van der Waals surface area contributed by atoms with Crippen LogP contribution in [-0.4, -0.2) is 13.7 Å². The van der Waals surface area contributed by atoms with Gasteiger partial charge in [-0.05, 0) is 43.4 Å². The quantitative estimate of drug-likeness (QED) is 0.811. The van der Waals surface area contributed by atoms with Crippen LogP contribution in [0.15, 0.2) is 29.2 Å². The molecule has 1 fully saturated rings. The molecule has 1 saturated carbocycles. The van der Waals surface area contributed by atoms with E-state index in [1.807, 2.05) is 19.1 Å². The minimum absolute atomic E-state index is 0.140. The Hall–Kier alpha value is -0.830. The first-order chi connectivity index (χ1) is 7.54. The predicted octanol–water partition coefficient (Wildman–Crippen LogP) is 2.96. The molecule has 0 spiro atoms. The highest BCUT2D eigenvalue weighted by molar-refractivity contribution is 7.92. The standard InChI is InChI=1S/C13H18O2S/c1-3-11-8-13(9-11)16(14,15)12-6-4-5-10(2)7-12/h4-7,11,13H,3,8-9H2,1-2H3. The Morgan fingerprint density at radius 1 is 1.31 bits per heavy atom. The molecule has 0 saturated heterocycles. The normalized spacial score (nSPS) is 25.1. The summed E-state index contributed by atoms with van der Waals surface area (Å²) < 4.78 is 24.5. The monoisotopic (exact) mass is 238 g/mol. The lowest BCUT2D eigenvalue weighted by Gasteiger charge is -2.34. The van der Waals surface area contributed by atoms with Gasteiger partial charge in [-0.3, -0.25) is 0 Å². The van der Waals surface area contributed by atoms with Crippen molar-refractivity contribution in [1.29, 1.82) is 0 Å².